The van der Waals surface area contributed by atoms with E-state index in [2.05, 4.69) is 5.16 Å². The molecule has 1 aromatic heterocycles. The van der Waals surface area contributed by atoms with Crippen LogP contribution in [-0.4, -0.2) is 13.6 Å². The van der Waals surface area contributed by atoms with Crippen LogP contribution in [0, 0.1) is 6.92 Å². The first-order chi connectivity index (χ1) is 10.9. The highest BCUT2D eigenvalue weighted by atomic mass is 35.5. The van der Waals surface area contributed by atoms with E-state index in [0.29, 0.717) is 27.6 Å². The monoisotopic (exact) mass is 348 g/mol. The minimum atomic E-state index is -3.88. The number of halogens is 1. The summed E-state index contributed by atoms with van der Waals surface area (Å²) >= 11 is 6.03. The highest BCUT2D eigenvalue weighted by molar-refractivity contribution is 7.89. The Kier molecular flexibility index (Phi) is 3.97. The molecule has 118 valence electrons. The van der Waals surface area contributed by atoms with Crippen LogP contribution in [0.3, 0.4) is 0 Å². The van der Waals surface area contributed by atoms with Gasteiger partial charge in [0, 0.05) is 16.1 Å². The molecule has 2 N–H and O–H groups in total. The number of hydrogen-bond donors (Lipinski definition) is 1. The number of nitrogens with two attached hydrogens (primary N) is 1. The molecule has 0 unspecified atom stereocenters. The summed E-state index contributed by atoms with van der Waals surface area (Å²) in [6.45, 7) is 1.72. The lowest BCUT2D eigenvalue weighted by atomic mass is 9.99. The lowest BCUT2D eigenvalue weighted by Gasteiger charge is -2.08. The zero-order valence-electron chi connectivity index (χ0n) is 12.2. The van der Waals surface area contributed by atoms with Gasteiger partial charge >= 0.3 is 0 Å². The molecule has 5 nitrogen and oxygen atoms in total. The molecule has 0 radical (unpaired) electrons. The van der Waals surface area contributed by atoms with Crippen molar-refractivity contribution in [2.45, 2.75) is 11.8 Å². The molecule has 0 spiro atoms. The van der Waals surface area contributed by atoms with Crippen molar-refractivity contribution < 1.29 is 12.9 Å². The Hall–Kier alpha value is -2.15. The molecule has 3 aromatic rings. The van der Waals surface area contributed by atoms with Crippen molar-refractivity contribution in [2.24, 2.45) is 5.14 Å². The van der Waals surface area contributed by atoms with Gasteiger partial charge in [0.25, 0.3) is 0 Å². The van der Waals surface area contributed by atoms with E-state index in [9.17, 15) is 8.42 Å². The van der Waals surface area contributed by atoms with E-state index >= 15 is 0 Å². The summed E-state index contributed by atoms with van der Waals surface area (Å²) in [5.74, 6) is 0.496. The molecule has 7 heteroatoms. The van der Waals surface area contributed by atoms with Gasteiger partial charge in [-0.05, 0) is 25.1 Å². The van der Waals surface area contributed by atoms with Crippen molar-refractivity contribution in [3.63, 3.8) is 0 Å². The number of sulfonamides is 1. The Labute approximate surface area is 138 Å². The van der Waals surface area contributed by atoms with E-state index in [4.69, 9.17) is 21.3 Å². The number of aromatic nitrogens is 1. The average molecular weight is 349 g/mol. The van der Waals surface area contributed by atoms with E-state index < -0.39 is 10.0 Å². The van der Waals surface area contributed by atoms with Gasteiger partial charge in [-0.25, -0.2) is 13.6 Å². The third-order valence-corrected chi connectivity index (χ3v) is 4.63. The standard InChI is InChI=1S/C16H13ClN2O3S/c1-10-15(13-7-2-3-8-14(13)23(18,20)21)16(19-22-10)11-5-4-6-12(17)9-11/h2-9H,1H3,(H2,18,20,21). The second kappa shape index (κ2) is 5.81. The third kappa shape index (κ3) is 3.01. The number of primary sulfonamides is 1. The number of rotatable bonds is 3. The van der Waals surface area contributed by atoms with Gasteiger partial charge < -0.3 is 4.52 Å². The third-order valence-electron chi connectivity index (χ3n) is 3.42. The second-order valence-corrected chi connectivity index (χ2v) is 6.98. The molecule has 3 rings (SSSR count). The highest BCUT2D eigenvalue weighted by Crippen LogP contribution is 2.37. The number of aryl methyl sites for hydroxylation is 1. The Bertz CT molecular complexity index is 980. The Morgan fingerprint density at radius 2 is 1.87 bits per heavy atom. The smallest absolute Gasteiger partial charge is 0.238 e. The van der Waals surface area contributed by atoms with Gasteiger partial charge in [-0.3, -0.25) is 0 Å². The molecular formula is C16H13ClN2O3S. The summed E-state index contributed by atoms with van der Waals surface area (Å²) in [4.78, 5) is 0.0228. The van der Waals surface area contributed by atoms with Gasteiger partial charge in [0.2, 0.25) is 10.0 Å². The normalized spacial score (nSPS) is 11.6. The van der Waals surface area contributed by atoms with E-state index in [0.717, 1.165) is 5.56 Å². The molecule has 0 fully saturated rings. The summed E-state index contributed by atoms with van der Waals surface area (Å²) in [5.41, 5.74) is 2.27. The van der Waals surface area contributed by atoms with E-state index in [1.165, 1.54) is 6.07 Å². The molecule has 0 saturated heterocycles. The summed E-state index contributed by atoms with van der Waals surface area (Å²) in [5, 5.41) is 9.93. The van der Waals surface area contributed by atoms with Crippen LogP contribution in [0.4, 0.5) is 0 Å². The maximum atomic E-state index is 11.9. The van der Waals surface area contributed by atoms with E-state index in [1.54, 1.807) is 43.3 Å². The first kappa shape index (κ1) is 15.7. The van der Waals surface area contributed by atoms with Crippen LogP contribution in [0.2, 0.25) is 5.02 Å². The zero-order chi connectivity index (χ0) is 16.6. The minimum Gasteiger partial charge on any atom is -0.360 e. The van der Waals surface area contributed by atoms with Crippen molar-refractivity contribution in [1.29, 1.82) is 0 Å². The first-order valence-electron chi connectivity index (χ1n) is 6.72. The lowest BCUT2D eigenvalue weighted by molar-refractivity contribution is 0.400. The Balaban J connectivity index is 2.30. The van der Waals surface area contributed by atoms with Crippen molar-refractivity contribution >= 4 is 21.6 Å². The predicted octanol–water partition coefficient (Wildman–Crippen LogP) is 3.62. The lowest BCUT2D eigenvalue weighted by Crippen LogP contribution is -2.13. The minimum absolute atomic E-state index is 0.0228. The van der Waals surface area contributed by atoms with E-state index in [1.807, 2.05) is 6.07 Å². The topological polar surface area (TPSA) is 86.2 Å². The summed E-state index contributed by atoms with van der Waals surface area (Å²) in [6, 6.07) is 13.6. The van der Waals surface area contributed by atoms with Gasteiger partial charge in [-0.1, -0.05) is 47.1 Å². The van der Waals surface area contributed by atoms with Crippen molar-refractivity contribution in [3.05, 3.63) is 59.3 Å². The summed E-state index contributed by atoms with van der Waals surface area (Å²) in [7, 11) is -3.88. The van der Waals surface area contributed by atoms with Crippen molar-refractivity contribution in [1.82, 2.24) is 5.16 Å². The van der Waals surface area contributed by atoms with Crippen LogP contribution in [0.1, 0.15) is 5.76 Å². The summed E-state index contributed by atoms with van der Waals surface area (Å²) in [6.07, 6.45) is 0. The van der Waals surface area contributed by atoms with Crippen LogP contribution in [0.5, 0.6) is 0 Å². The molecular weight excluding hydrogens is 336 g/mol. The molecule has 1 heterocycles. The molecule has 23 heavy (non-hydrogen) atoms. The van der Waals surface area contributed by atoms with Crippen LogP contribution in [0.15, 0.2) is 57.9 Å². The fraction of sp³-hybridized carbons (Fsp3) is 0.0625. The number of hydrogen-bond acceptors (Lipinski definition) is 4. The highest BCUT2D eigenvalue weighted by Gasteiger charge is 2.22. The SMILES string of the molecule is Cc1onc(-c2cccc(Cl)c2)c1-c1ccccc1S(N)(=O)=O. The molecule has 2 aromatic carbocycles. The zero-order valence-corrected chi connectivity index (χ0v) is 13.7. The fourth-order valence-electron chi connectivity index (χ4n) is 2.44. The molecule has 0 saturated carbocycles. The maximum absolute atomic E-state index is 11.9. The Morgan fingerprint density at radius 1 is 1.13 bits per heavy atom. The van der Waals surface area contributed by atoms with Gasteiger partial charge in [0.15, 0.2) is 0 Å². The molecule has 0 amide bonds. The van der Waals surface area contributed by atoms with Gasteiger partial charge in [-0.15, -0.1) is 0 Å². The van der Waals surface area contributed by atoms with E-state index in [-0.39, 0.29) is 4.90 Å². The predicted molar refractivity (Wildman–Crippen MR) is 88.5 cm³/mol. The van der Waals surface area contributed by atoms with Crippen LogP contribution < -0.4 is 5.14 Å². The molecule has 0 bridgehead atoms. The van der Waals surface area contributed by atoms with Gasteiger partial charge in [0.05, 0.1) is 10.5 Å². The van der Waals surface area contributed by atoms with Gasteiger partial charge in [-0.2, -0.15) is 0 Å². The largest absolute Gasteiger partial charge is 0.360 e. The van der Waals surface area contributed by atoms with Crippen LogP contribution in [-0.2, 0) is 10.0 Å². The van der Waals surface area contributed by atoms with Crippen molar-refractivity contribution in [3.8, 4) is 22.4 Å². The maximum Gasteiger partial charge on any atom is 0.238 e. The second-order valence-electron chi connectivity index (χ2n) is 5.01. The first-order valence-corrected chi connectivity index (χ1v) is 8.65. The Morgan fingerprint density at radius 3 is 2.57 bits per heavy atom. The fourth-order valence-corrected chi connectivity index (χ4v) is 3.38. The quantitative estimate of drug-likeness (QED) is 0.783. The molecule has 0 atom stereocenters. The van der Waals surface area contributed by atoms with Crippen LogP contribution in [0.25, 0.3) is 22.4 Å². The van der Waals surface area contributed by atoms with Gasteiger partial charge in [0.1, 0.15) is 11.5 Å². The molecule has 0 aliphatic heterocycles. The average Bonchev–Trinajstić information content (AvgIpc) is 2.88. The molecule has 0 aliphatic carbocycles. The number of benzene rings is 2. The number of nitrogens with zero attached hydrogens (tertiary/aromatic N) is 1. The summed E-state index contributed by atoms with van der Waals surface area (Å²) < 4.78 is 29.0. The van der Waals surface area contributed by atoms with Crippen LogP contribution >= 0.6 is 11.6 Å². The molecule has 0 aliphatic rings. The van der Waals surface area contributed by atoms with Crippen molar-refractivity contribution in [2.75, 3.05) is 0 Å².